The van der Waals surface area contributed by atoms with E-state index in [-0.39, 0.29) is 17.9 Å². The predicted molar refractivity (Wildman–Crippen MR) is 125 cm³/mol. The fraction of sp³-hybridized carbons (Fsp3) is 0.346. The maximum atomic E-state index is 12.8. The van der Waals surface area contributed by atoms with E-state index in [2.05, 4.69) is 82.8 Å². The Balaban J connectivity index is 1.31. The summed E-state index contributed by atoms with van der Waals surface area (Å²) >= 11 is 0. The summed E-state index contributed by atoms with van der Waals surface area (Å²) in [6, 6.07) is 20.7. The maximum Gasteiger partial charge on any atom is 0.223 e. The van der Waals surface area contributed by atoms with E-state index >= 15 is 0 Å². The fourth-order valence-electron chi connectivity index (χ4n) is 4.01. The summed E-state index contributed by atoms with van der Waals surface area (Å²) < 4.78 is 0. The molecule has 1 aliphatic heterocycles. The van der Waals surface area contributed by atoms with Crippen LogP contribution in [0.25, 0.3) is 11.3 Å². The van der Waals surface area contributed by atoms with Crippen molar-refractivity contribution >= 4 is 11.7 Å². The van der Waals surface area contributed by atoms with Gasteiger partial charge < -0.3 is 10.2 Å². The van der Waals surface area contributed by atoms with Crippen molar-refractivity contribution in [3.63, 3.8) is 0 Å². The van der Waals surface area contributed by atoms with Gasteiger partial charge in [-0.1, -0.05) is 59.7 Å². The minimum atomic E-state index is 0.0197. The van der Waals surface area contributed by atoms with Crippen LogP contribution in [0.5, 0.6) is 0 Å². The van der Waals surface area contributed by atoms with E-state index < -0.39 is 0 Å². The first-order valence-corrected chi connectivity index (χ1v) is 11.0. The number of benzene rings is 2. The summed E-state index contributed by atoms with van der Waals surface area (Å²) in [5.74, 6) is 1.07. The monoisotopic (exact) mass is 414 g/mol. The Labute approximate surface area is 184 Å². The maximum absolute atomic E-state index is 12.8. The molecule has 1 atom stereocenters. The van der Waals surface area contributed by atoms with Gasteiger partial charge in [0, 0.05) is 24.6 Å². The average Bonchev–Trinajstić information content (AvgIpc) is 2.80. The number of rotatable bonds is 5. The quantitative estimate of drug-likeness (QED) is 0.648. The molecule has 2 aromatic carbocycles. The Kier molecular flexibility index (Phi) is 6.31. The van der Waals surface area contributed by atoms with Gasteiger partial charge in [0.05, 0.1) is 11.7 Å². The molecule has 31 heavy (non-hydrogen) atoms. The molecule has 3 aromatic rings. The number of hydrogen-bond acceptors (Lipinski definition) is 4. The van der Waals surface area contributed by atoms with E-state index in [1.54, 1.807) is 0 Å². The normalized spacial score (nSPS) is 15.5. The number of anilines is 1. The summed E-state index contributed by atoms with van der Waals surface area (Å²) in [5.41, 5.74) is 5.55. The standard InChI is InChI=1S/C26H30N4O/c1-18-4-8-21(9-5-18)20(3)27-26(31)23-14-16-30(17-15-23)25-13-12-24(28-29-25)22-10-6-19(2)7-11-22/h4-13,20,23H,14-17H2,1-3H3,(H,27,31). The second kappa shape index (κ2) is 9.29. The van der Waals surface area contributed by atoms with Crippen molar-refractivity contribution < 1.29 is 4.79 Å². The molecule has 0 aliphatic carbocycles. The third-order valence-electron chi connectivity index (χ3n) is 6.12. The Morgan fingerprint density at radius 1 is 0.903 bits per heavy atom. The third kappa shape index (κ3) is 5.10. The van der Waals surface area contributed by atoms with Crippen LogP contribution in [0.3, 0.4) is 0 Å². The molecule has 0 radical (unpaired) electrons. The third-order valence-corrected chi connectivity index (χ3v) is 6.12. The van der Waals surface area contributed by atoms with Gasteiger partial charge in [0.25, 0.3) is 0 Å². The van der Waals surface area contributed by atoms with Gasteiger partial charge in [-0.3, -0.25) is 4.79 Å². The number of nitrogens with one attached hydrogen (secondary N) is 1. The highest BCUT2D eigenvalue weighted by Crippen LogP contribution is 2.24. The summed E-state index contributed by atoms with van der Waals surface area (Å²) in [5, 5.41) is 12.0. The second-order valence-corrected chi connectivity index (χ2v) is 8.55. The predicted octanol–water partition coefficient (Wildman–Crippen LogP) is 4.85. The first-order valence-electron chi connectivity index (χ1n) is 11.0. The summed E-state index contributed by atoms with van der Waals surface area (Å²) in [4.78, 5) is 15.0. The van der Waals surface area contributed by atoms with E-state index in [1.807, 2.05) is 19.1 Å². The Morgan fingerprint density at radius 2 is 1.52 bits per heavy atom. The van der Waals surface area contributed by atoms with Gasteiger partial charge >= 0.3 is 0 Å². The molecule has 4 rings (SSSR count). The van der Waals surface area contributed by atoms with Crippen molar-refractivity contribution in [1.82, 2.24) is 15.5 Å². The van der Waals surface area contributed by atoms with Crippen LogP contribution in [0, 0.1) is 19.8 Å². The second-order valence-electron chi connectivity index (χ2n) is 8.55. The number of carbonyl (C=O) groups excluding carboxylic acids is 1. The molecule has 0 bridgehead atoms. The van der Waals surface area contributed by atoms with Crippen LogP contribution in [0.1, 0.15) is 42.5 Å². The van der Waals surface area contributed by atoms with Crippen LogP contribution in [-0.2, 0) is 4.79 Å². The number of nitrogens with zero attached hydrogens (tertiary/aromatic N) is 3. The van der Waals surface area contributed by atoms with Gasteiger partial charge in [0.2, 0.25) is 5.91 Å². The highest BCUT2D eigenvalue weighted by Gasteiger charge is 2.26. The topological polar surface area (TPSA) is 58.1 Å². The fourth-order valence-corrected chi connectivity index (χ4v) is 4.01. The van der Waals surface area contributed by atoms with Gasteiger partial charge in [-0.25, -0.2) is 0 Å². The summed E-state index contributed by atoms with van der Waals surface area (Å²) in [6.07, 6.45) is 1.65. The summed E-state index contributed by atoms with van der Waals surface area (Å²) in [6.45, 7) is 7.82. The number of hydrogen-bond donors (Lipinski definition) is 1. The Hall–Kier alpha value is -3.21. The van der Waals surface area contributed by atoms with Crippen LogP contribution in [0.15, 0.2) is 60.7 Å². The van der Waals surface area contributed by atoms with Crippen molar-refractivity contribution in [2.24, 2.45) is 5.92 Å². The Morgan fingerprint density at radius 3 is 2.10 bits per heavy atom. The molecule has 160 valence electrons. The molecule has 0 saturated carbocycles. The molecule has 1 N–H and O–H groups in total. The molecule has 2 heterocycles. The molecule has 1 saturated heterocycles. The van der Waals surface area contributed by atoms with E-state index in [4.69, 9.17) is 0 Å². The van der Waals surface area contributed by atoms with Crippen molar-refractivity contribution in [3.05, 3.63) is 77.4 Å². The molecule has 1 unspecified atom stereocenters. The lowest BCUT2D eigenvalue weighted by molar-refractivity contribution is -0.126. The van der Waals surface area contributed by atoms with Crippen molar-refractivity contribution in [2.75, 3.05) is 18.0 Å². The first-order chi connectivity index (χ1) is 15.0. The van der Waals surface area contributed by atoms with Crippen LogP contribution < -0.4 is 10.2 Å². The summed E-state index contributed by atoms with van der Waals surface area (Å²) in [7, 11) is 0. The van der Waals surface area contributed by atoms with Gasteiger partial charge in [-0.05, 0) is 51.3 Å². The highest BCUT2D eigenvalue weighted by atomic mass is 16.1. The van der Waals surface area contributed by atoms with E-state index in [0.29, 0.717) is 0 Å². The lowest BCUT2D eigenvalue weighted by Gasteiger charge is -2.32. The van der Waals surface area contributed by atoms with Gasteiger partial charge in [0.15, 0.2) is 5.82 Å². The largest absolute Gasteiger partial charge is 0.355 e. The molecular weight excluding hydrogens is 384 g/mol. The zero-order chi connectivity index (χ0) is 21.8. The molecule has 1 fully saturated rings. The van der Waals surface area contributed by atoms with Crippen LogP contribution >= 0.6 is 0 Å². The zero-order valence-corrected chi connectivity index (χ0v) is 18.5. The smallest absolute Gasteiger partial charge is 0.223 e. The number of piperidine rings is 1. The van der Waals surface area contributed by atoms with Gasteiger partial charge in [-0.15, -0.1) is 10.2 Å². The SMILES string of the molecule is Cc1ccc(-c2ccc(N3CCC(C(=O)NC(C)c4ccc(C)cc4)CC3)nn2)cc1. The van der Waals surface area contributed by atoms with Crippen molar-refractivity contribution in [2.45, 2.75) is 39.7 Å². The van der Waals surface area contributed by atoms with Crippen LogP contribution in [-0.4, -0.2) is 29.2 Å². The van der Waals surface area contributed by atoms with E-state index in [1.165, 1.54) is 11.1 Å². The van der Waals surface area contributed by atoms with Crippen LogP contribution in [0.4, 0.5) is 5.82 Å². The minimum Gasteiger partial charge on any atom is -0.355 e. The molecule has 1 aliphatic rings. The number of carbonyl (C=O) groups is 1. The number of amides is 1. The molecule has 1 aromatic heterocycles. The lowest BCUT2D eigenvalue weighted by atomic mass is 9.95. The van der Waals surface area contributed by atoms with Gasteiger partial charge in [0.1, 0.15) is 0 Å². The zero-order valence-electron chi connectivity index (χ0n) is 18.5. The number of aryl methyl sites for hydroxylation is 2. The molecule has 0 spiro atoms. The molecular formula is C26H30N4O. The van der Waals surface area contributed by atoms with Gasteiger partial charge in [-0.2, -0.15) is 0 Å². The van der Waals surface area contributed by atoms with Crippen molar-refractivity contribution in [1.29, 1.82) is 0 Å². The van der Waals surface area contributed by atoms with E-state index in [9.17, 15) is 4.79 Å². The molecule has 5 heteroatoms. The lowest BCUT2D eigenvalue weighted by Crippen LogP contribution is -2.41. The van der Waals surface area contributed by atoms with Crippen LogP contribution in [0.2, 0.25) is 0 Å². The molecule has 1 amide bonds. The van der Waals surface area contributed by atoms with Crippen molar-refractivity contribution in [3.8, 4) is 11.3 Å². The highest BCUT2D eigenvalue weighted by molar-refractivity contribution is 5.79. The molecule has 5 nitrogen and oxygen atoms in total. The minimum absolute atomic E-state index is 0.0197. The van der Waals surface area contributed by atoms with E-state index in [0.717, 1.165) is 48.6 Å². The first kappa shape index (κ1) is 21.0. The number of aromatic nitrogens is 2. The Bertz CT molecular complexity index is 1000. The average molecular weight is 415 g/mol.